The van der Waals surface area contributed by atoms with Crippen molar-refractivity contribution in [1.82, 2.24) is 9.55 Å². The van der Waals surface area contributed by atoms with E-state index in [0.29, 0.717) is 15.7 Å². The number of fused-ring (bicyclic) bond motifs is 1. The zero-order valence-electron chi connectivity index (χ0n) is 18.0. The number of aromatic nitrogens is 2. The second-order valence-corrected chi connectivity index (χ2v) is 9.89. The molecule has 2 aliphatic heterocycles. The molecule has 1 unspecified atom stereocenters. The number of terminal acetylenes is 1. The Hall–Kier alpha value is -2.17. The number of hydrogen-bond acceptors (Lipinski definition) is 9. The molecule has 1 fully saturated rings. The van der Waals surface area contributed by atoms with E-state index in [1.807, 2.05) is 0 Å². The third kappa shape index (κ3) is 4.03. The van der Waals surface area contributed by atoms with Crippen LogP contribution in [0, 0.1) is 23.9 Å². The van der Waals surface area contributed by atoms with Crippen molar-refractivity contribution in [2.75, 3.05) is 0 Å². The second kappa shape index (κ2) is 8.45. The van der Waals surface area contributed by atoms with Gasteiger partial charge < -0.3 is 19.5 Å². The maximum Gasteiger partial charge on any atom is 0.529 e. The van der Waals surface area contributed by atoms with Crippen LogP contribution < -0.4 is 10.2 Å². The molecule has 2 aliphatic rings. The zero-order valence-corrected chi connectivity index (χ0v) is 19.7. The standard InChI is InChI=1S/C19H15B3FN2O8PS/c1-3-10-7-25(16(28)24-15(10)35)18(20)14(27)13(26)17(23,32-18)19(21,22)33-34(29)30-8-11-6-4-5-9(2)12(11)31-34/h1,4-7,13-14,26-27H,8H2,2H3,(H,24,28,35)/t13-,14+,17-,18-,34?/m0/s1. The Morgan fingerprint density at radius 2 is 2.11 bits per heavy atom. The Labute approximate surface area is 207 Å². The highest BCUT2D eigenvalue weighted by Gasteiger charge is 2.69. The minimum absolute atomic E-state index is 0.0726. The SMILES string of the molecule is [B]C([B])(OP1(=O)OCc2cccc(C)c2O1)[C@@]1(F)O[C@@]([B])(n2cc(C#C)c(=S)[nH]c2=O)[C@H](O)[C@@H]1O. The van der Waals surface area contributed by atoms with Gasteiger partial charge in [0.15, 0.2) is 0 Å². The predicted molar refractivity (Wildman–Crippen MR) is 124 cm³/mol. The molecule has 6 radical (unpaired) electrons. The van der Waals surface area contributed by atoms with E-state index in [9.17, 15) is 19.6 Å². The highest BCUT2D eigenvalue weighted by molar-refractivity contribution is 7.71. The Morgan fingerprint density at radius 1 is 1.43 bits per heavy atom. The molecule has 1 aromatic heterocycles. The molecule has 176 valence electrons. The molecule has 3 N–H and O–H groups in total. The maximum atomic E-state index is 16.1. The first-order valence-electron chi connectivity index (χ1n) is 9.86. The maximum absolute atomic E-state index is 16.1. The number of aryl methyl sites for hydroxylation is 1. The van der Waals surface area contributed by atoms with Crippen LogP contribution in [0.15, 0.2) is 29.2 Å². The Kier molecular flexibility index (Phi) is 6.26. The summed E-state index contributed by atoms with van der Waals surface area (Å²) in [5, 5.41) is 17.8. The van der Waals surface area contributed by atoms with Crippen LogP contribution in [0.5, 0.6) is 5.75 Å². The number of halogens is 1. The molecule has 0 aliphatic carbocycles. The first-order valence-corrected chi connectivity index (χ1v) is 11.7. The molecule has 1 saturated heterocycles. The average molecular weight is 514 g/mol. The summed E-state index contributed by atoms with van der Waals surface area (Å²) in [4.78, 5) is 14.6. The summed E-state index contributed by atoms with van der Waals surface area (Å²) in [6, 6.07) is 5.00. The lowest BCUT2D eigenvalue weighted by atomic mass is 9.59. The Balaban J connectivity index is 1.70. The van der Waals surface area contributed by atoms with Gasteiger partial charge in [0.25, 0.3) is 5.85 Å². The molecule has 16 heteroatoms. The van der Waals surface area contributed by atoms with Gasteiger partial charge in [-0.3, -0.25) is 18.6 Å². The molecule has 0 spiro atoms. The van der Waals surface area contributed by atoms with Gasteiger partial charge in [-0.15, -0.1) is 6.42 Å². The van der Waals surface area contributed by atoms with E-state index >= 15 is 4.39 Å². The van der Waals surface area contributed by atoms with Crippen LogP contribution in [-0.2, 0) is 30.6 Å². The number of ether oxygens (including phenoxy) is 1. The number of hydrogen-bond donors (Lipinski definition) is 3. The number of para-hydroxylation sites is 1. The van der Waals surface area contributed by atoms with E-state index in [1.54, 1.807) is 25.1 Å². The largest absolute Gasteiger partial charge is 0.529 e. The first-order chi connectivity index (χ1) is 16.2. The number of aromatic amines is 1. The molecular formula is C19H15B3FN2O8PS. The van der Waals surface area contributed by atoms with Gasteiger partial charge in [-0.25, -0.2) is 13.8 Å². The molecule has 0 saturated carbocycles. The summed E-state index contributed by atoms with van der Waals surface area (Å²) in [6.45, 7) is 1.39. The molecule has 4 rings (SSSR count). The summed E-state index contributed by atoms with van der Waals surface area (Å²) in [7, 11) is 12.8. The number of rotatable bonds is 4. The fourth-order valence-electron chi connectivity index (χ4n) is 3.66. The van der Waals surface area contributed by atoms with E-state index in [4.69, 9.17) is 60.5 Å². The fourth-order valence-corrected chi connectivity index (χ4v) is 5.28. The number of phosphoric ester groups is 1. The molecule has 0 bridgehead atoms. The van der Waals surface area contributed by atoms with Gasteiger partial charge in [-0.05, 0) is 12.5 Å². The number of aliphatic hydroxyl groups is 2. The lowest BCUT2D eigenvalue weighted by Crippen LogP contribution is -2.60. The lowest BCUT2D eigenvalue weighted by Gasteiger charge is -2.42. The molecule has 10 nitrogen and oxygen atoms in total. The number of alkyl halides is 1. The Bertz CT molecular complexity index is 1410. The third-order valence-electron chi connectivity index (χ3n) is 5.56. The van der Waals surface area contributed by atoms with Crippen LogP contribution in [0.4, 0.5) is 4.39 Å². The summed E-state index contributed by atoms with van der Waals surface area (Å²) in [5.74, 6) is -1.46. The van der Waals surface area contributed by atoms with Crippen molar-refractivity contribution in [3.63, 3.8) is 0 Å². The van der Waals surface area contributed by atoms with Crippen LogP contribution in [0.1, 0.15) is 16.7 Å². The van der Waals surface area contributed by atoms with Gasteiger partial charge in [0.05, 0.1) is 17.6 Å². The van der Waals surface area contributed by atoms with E-state index in [-0.39, 0.29) is 22.6 Å². The van der Waals surface area contributed by atoms with E-state index in [0.717, 1.165) is 6.20 Å². The quantitative estimate of drug-likeness (QED) is 0.226. The number of phosphoric acid groups is 1. The summed E-state index contributed by atoms with van der Waals surface area (Å²) >= 11 is 4.91. The van der Waals surface area contributed by atoms with Gasteiger partial charge in [0.1, 0.15) is 51.8 Å². The highest BCUT2D eigenvalue weighted by atomic mass is 32.1. The predicted octanol–water partition coefficient (Wildman–Crippen LogP) is 0.117. The van der Waals surface area contributed by atoms with E-state index in [1.165, 1.54) is 0 Å². The van der Waals surface area contributed by atoms with Crippen LogP contribution in [0.2, 0.25) is 0 Å². The zero-order chi connectivity index (χ0) is 26.0. The summed E-state index contributed by atoms with van der Waals surface area (Å²) < 4.78 is 50.0. The van der Waals surface area contributed by atoms with Crippen molar-refractivity contribution in [3.8, 4) is 18.1 Å². The highest BCUT2D eigenvalue weighted by Crippen LogP contribution is 2.59. The van der Waals surface area contributed by atoms with Crippen molar-refractivity contribution < 1.29 is 37.5 Å². The smallest absolute Gasteiger partial charge is 0.403 e. The number of nitrogens with zero attached hydrogens (tertiary/aromatic N) is 1. The minimum atomic E-state index is -4.70. The topological polar surface area (TPSA) is 132 Å². The van der Waals surface area contributed by atoms with Crippen LogP contribution in [-0.4, -0.2) is 66.8 Å². The van der Waals surface area contributed by atoms with Crippen LogP contribution in [0.3, 0.4) is 0 Å². The molecule has 3 heterocycles. The van der Waals surface area contributed by atoms with Gasteiger partial charge in [0.2, 0.25) is 0 Å². The minimum Gasteiger partial charge on any atom is -0.403 e. The van der Waals surface area contributed by atoms with Crippen molar-refractivity contribution in [3.05, 3.63) is 56.2 Å². The Morgan fingerprint density at radius 3 is 2.77 bits per heavy atom. The number of H-pyrrole nitrogens is 1. The van der Waals surface area contributed by atoms with Gasteiger partial charge in [0, 0.05) is 11.8 Å². The van der Waals surface area contributed by atoms with Crippen molar-refractivity contribution in [1.29, 1.82) is 0 Å². The summed E-state index contributed by atoms with van der Waals surface area (Å²) in [5.41, 5.74) is -2.89. The van der Waals surface area contributed by atoms with Gasteiger partial charge in [-0.1, -0.05) is 36.3 Å². The number of benzene rings is 1. The van der Waals surface area contributed by atoms with Crippen molar-refractivity contribution in [2.45, 2.75) is 42.6 Å². The lowest BCUT2D eigenvalue weighted by molar-refractivity contribution is -0.240. The number of aliphatic hydroxyl groups excluding tert-OH is 2. The van der Waals surface area contributed by atoms with Gasteiger partial charge >= 0.3 is 13.5 Å². The van der Waals surface area contributed by atoms with E-state index in [2.05, 4.69) is 10.9 Å². The third-order valence-corrected chi connectivity index (χ3v) is 7.26. The molecule has 2 aromatic rings. The fraction of sp³-hybridized carbons (Fsp3) is 0.368. The molecule has 0 amide bonds. The van der Waals surface area contributed by atoms with Crippen molar-refractivity contribution in [2.24, 2.45) is 0 Å². The monoisotopic (exact) mass is 514 g/mol. The molecule has 35 heavy (non-hydrogen) atoms. The normalized spacial score (nSPS) is 32.4. The summed E-state index contributed by atoms with van der Waals surface area (Å²) in [6.07, 6.45) is 1.22. The number of nitrogens with one attached hydrogen (secondary N) is 1. The first kappa shape index (κ1) is 25.9. The van der Waals surface area contributed by atoms with Gasteiger partial charge in [-0.2, -0.15) is 0 Å². The average Bonchev–Trinajstić information content (AvgIpc) is 2.95. The molecule has 1 aromatic carbocycles. The van der Waals surface area contributed by atoms with Crippen LogP contribution >= 0.6 is 20.0 Å². The second-order valence-electron chi connectivity index (χ2n) is 7.96. The van der Waals surface area contributed by atoms with Crippen molar-refractivity contribution >= 4 is 43.6 Å². The molecular weight excluding hydrogens is 499 g/mol. The van der Waals surface area contributed by atoms with E-state index < -0.39 is 42.6 Å². The molecule has 5 atom stereocenters. The van der Waals surface area contributed by atoms with Crippen LogP contribution in [0.25, 0.3) is 0 Å².